The SMILES string of the molecule is O=C(OCl)O[N+](=O)[O-]. The number of carbonyl (C=O) groups excluding carboxylic acids is 1. The van der Waals surface area contributed by atoms with Crippen molar-refractivity contribution in [2.24, 2.45) is 0 Å². The topological polar surface area (TPSA) is 78.7 Å². The number of rotatable bonds is 1. The smallest absolute Gasteiger partial charge is 0.326 e. The third-order valence-corrected chi connectivity index (χ3v) is 0.338. The van der Waals surface area contributed by atoms with E-state index in [1.807, 2.05) is 0 Å². The zero-order valence-electron chi connectivity index (χ0n) is 3.37. The van der Waals surface area contributed by atoms with Gasteiger partial charge >= 0.3 is 11.2 Å². The summed E-state index contributed by atoms with van der Waals surface area (Å²) in [4.78, 5) is 21.9. The fourth-order valence-electron chi connectivity index (χ4n) is 0.0749. The lowest BCUT2D eigenvalue weighted by Crippen LogP contribution is -2.07. The molecule has 0 atom stereocenters. The Bertz CT molecular complexity index is 111. The van der Waals surface area contributed by atoms with Gasteiger partial charge in [-0.25, -0.2) is 4.79 Å². The molecule has 0 aromatic heterocycles. The predicted molar refractivity (Wildman–Crippen MR) is 20.4 cm³/mol. The van der Waals surface area contributed by atoms with Gasteiger partial charge in [-0.05, 0) is 0 Å². The lowest BCUT2D eigenvalue weighted by atomic mass is 11.4. The Morgan fingerprint density at radius 1 is 1.75 bits per heavy atom. The van der Waals surface area contributed by atoms with Gasteiger partial charge in [0.2, 0.25) is 0 Å². The largest absolute Gasteiger partial charge is 0.504 e. The Hall–Kier alpha value is -1.04. The summed E-state index contributed by atoms with van der Waals surface area (Å²) in [5.74, 6) is 0. The molecular formula is CClNO5. The van der Waals surface area contributed by atoms with Gasteiger partial charge < -0.3 is 4.29 Å². The fourth-order valence-corrected chi connectivity index (χ4v) is 0.103. The maximum Gasteiger partial charge on any atom is 0.504 e. The van der Waals surface area contributed by atoms with Crippen molar-refractivity contribution in [1.82, 2.24) is 0 Å². The summed E-state index contributed by atoms with van der Waals surface area (Å²) >= 11 is 4.32. The second-order valence-corrected chi connectivity index (χ2v) is 0.796. The minimum absolute atomic E-state index is 1.33. The van der Waals surface area contributed by atoms with Crippen LogP contribution in [-0.4, -0.2) is 11.2 Å². The second kappa shape index (κ2) is 3.03. The van der Waals surface area contributed by atoms with E-state index in [0.717, 1.165) is 0 Å². The Kier molecular flexibility index (Phi) is 2.63. The van der Waals surface area contributed by atoms with Gasteiger partial charge in [-0.15, -0.1) is 10.1 Å². The van der Waals surface area contributed by atoms with Gasteiger partial charge in [0, 0.05) is 0 Å². The van der Waals surface area contributed by atoms with Crippen molar-refractivity contribution in [2.45, 2.75) is 0 Å². The first kappa shape index (κ1) is 6.96. The summed E-state index contributed by atoms with van der Waals surface area (Å²) in [6.45, 7) is 0. The highest BCUT2D eigenvalue weighted by Crippen LogP contribution is 1.86. The number of halogens is 1. The maximum atomic E-state index is 9.60. The van der Waals surface area contributed by atoms with E-state index in [1.165, 1.54) is 0 Å². The minimum Gasteiger partial charge on any atom is -0.326 e. The predicted octanol–water partition coefficient (Wildman–Crippen LogP) is 0.485. The summed E-state index contributed by atoms with van der Waals surface area (Å²) in [5, 5.41) is 7.86. The number of carbonyl (C=O) groups is 1. The van der Waals surface area contributed by atoms with E-state index in [-0.39, 0.29) is 0 Å². The van der Waals surface area contributed by atoms with Crippen LogP contribution >= 0.6 is 11.9 Å². The van der Waals surface area contributed by atoms with Crippen LogP contribution in [0.3, 0.4) is 0 Å². The monoisotopic (exact) mass is 141 g/mol. The molecule has 46 valence electrons. The molecule has 0 fully saturated rings. The van der Waals surface area contributed by atoms with E-state index in [1.54, 1.807) is 0 Å². The highest BCUT2D eigenvalue weighted by Gasteiger charge is 2.05. The van der Waals surface area contributed by atoms with E-state index in [0.29, 0.717) is 0 Å². The summed E-state index contributed by atoms with van der Waals surface area (Å²) in [7, 11) is 0. The summed E-state index contributed by atoms with van der Waals surface area (Å²) in [6, 6.07) is 0. The van der Waals surface area contributed by atoms with Crippen molar-refractivity contribution in [3.05, 3.63) is 10.1 Å². The summed E-state index contributed by atoms with van der Waals surface area (Å²) < 4.78 is 3.23. The number of hydrogen-bond donors (Lipinski definition) is 0. The first-order valence-electron chi connectivity index (χ1n) is 1.31. The molecule has 0 unspecified atom stereocenters. The molecule has 7 heteroatoms. The normalized spacial score (nSPS) is 7.62. The minimum atomic E-state index is -1.56. The van der Waals surface area contributed by atoms with Crippen LogP contribution in [0.2, 0.25) is 0 Å². The molecular weight excluding hydrogens is 141 g/mol. The molecule has 8 heavy (non-hydrogen) atoms. The van der Waals surface area contributed by atoms with E-state index >= 15 is 0 Å². The molecule has 0 aromatic carbocycles. The molecule has 0 bridgehead atoms. The van der Waals surface area contributed by atoms with Crippen molar-refractivity contribution in [3.8, 4) is 0 Å². The van der Waals surface area contributed by atoms with Gasteiger partial charge in [0.25, 0.3) is 0 Å². The Labute approximate surface area is 48.2 Å². The number of hydrogen-bond acceptors (Lipinski definition) is 5. The zero-order valence-corrected chi connectivity index (χ0v) is 4.12. The molecule has 0 aliphatic heterocycles. The maximum absolute atomic E-state index is 9.60. The van der Waals surface area contributed by atoms with Crippen LogP contribution in [0.4, 0.5) is 4.79 Å². The molecule has 0 saturated carbocycles. The van der Waals surface area contributed by atoms with Crippen LogP contribution in [0.5, 0.6) is 0 Å². The average Bonchev–Trinajstić information content (AvgIpc) is 1.65. The van der Waals surface area contributed by atoms with Gasteiger partial charge in [0.15, 0.2) is 0 Å². The first-order valence-corrected chi connectivity index (χ1v) is 1.62. The molecule has 0 heterocycles. The molecule has 0 radical (unpaired) electrons. The summed E-state index contributed by atoms with van der Waals surface area (Å²) in [5.41, 5.74) is 0. The van der Waals surface area contributed by atoms with Gasteiger partial charge in [-0.3, -0.25) is 0 Å². The van der Waals surface area contributed by atoms with Gasteiger partial charge in [-0.1, -0.05) is 0 Å². The Balaban J connectivity index is 3.40. The van der Waals surface area contributed by atoms with Crippen LogP contribution in [0, 0.1) is 10.1 Å². The van der Waals surface area contributed by atoms with E-state index < -0.39 is 11.2 Å². The van der Waals surface area contributed by atoms with E-state index in [4.69, 9.17) is 0 Å². The fraction of sp³-hybridized carbons (Fsp3) is 0. The van der Waals surface area contributed by atoms with Gasteiger partial charge in [-0.2, -0.15) is 4.84 Å². The molecule has 0 aromatic rings. The molecule has 6 nitrogen and oxygen atoms in total. The van der Waals surface area contributed by atoms with Crippen molar-refractivity contribution in [1.29, 1.82) is 0 Å². The van der Waals surface area contributed by atoms with Crippen LogP contribution in [0.25, 0.3) is 0 Å². The zero-order chi connectivity index (χ0) is 6.57. The van der Waals surface area contributed by atoms with E-state index in [9.17, 15) is 14.9 Å². The molecule has 0 aliphatic rings. The van der Waals surface area contributed by atoms with Crippen LogP contribution < -0.4 is 0 Å². The van der Waals surface area contributed by atoms with Crippen molar-refractivity contribution >= 4 is 18.0 Å². The Morgan fingerprint density at radius 2 is 2.25 bits per heavy atom. The quantitative estimate of drug-likeness (QED) is 0.392. The van der Waals surface area contributed by atoms with Gasteiger partial charge in [0.1, 0.15) is 11.9 Å². The average molecular weight is 141 g/mol. The molecule has 0 spiro atoms. The third kappa shape index (κ3) is 3.16. The first-order chi connectivity index (χ1) is 3.66. The van der Waals surface area contributed by atoms with Gasteiger partial charge in [0.05, 0.1) is 0 Å². The molecule has 0 aliphatic carbocycles. The van der Waals surface area contributed by atoms with Crippen molar-refractivity contribution in [2.75, 3.05) is 0 Å². The third-order valence-electron chi connectivity index (χ3n) is 0.212. The van der Waals surface area contributed by atoms with Crippen molar-refractivity contribution < 1.29 is 19.0 Å². The molecule has 0 saturated heterocycles. The highest BCUT2D eigenvalue weighted by molar-refractivity contribution is 6.12. The summed E-state index contributed by atoms with van der Waals surface area (Å²) in [6.07, 6.45) is -1.56. The van der Waals surface area contributed by atoms with Crippen LogP contribution in [0.1, 0.15) is 0 Å². The van der Waals surface area contributed by atoms with Crippen LogP contribution in [0.15, 0.2) is 0 Å². The highest BCUT2D eigenvalue weighted by atomic mass is 35.5. The molecule has 0 N–H and O–H groups in total. The number of nitrogens with zero attached hydrogens (tertiary/aromatic N) is 1. The van der Waals surface area contributed by atoms with Crippen LogP contribution in [-0.2, 0) is 9.13 Å². The van der Waals surface area contributed by atoms with Crippen molar-refractivity contribution in [3.63, 3.8) is 0 Å². The molecule has 0 rings (SSSR count). The second-order valence-electron chi connectivity index (χ2n) is 0.642. The van der Waals surface area contributed by atoms with E-state index in [2.05, 4.69) is 21.0 Å². The lowest BCUT2D eigenvalue weighted by molar-refractivity contribution is -0.730. The molecule has 0 amide bonds. The standard InChI is InChI=1S/CClNO5/c2-7-1(4)8-3(5)6. The lowest BCUT2D eigenvalue weighted by Gasteiger charge is -1.86. The Morgan fingerprint density at radius 3 is 2.38 bits per heavy atom.